The Balaban J connectivity index is 1.79. The summed E-state index contributed by atoms with van der Waals surface area (Å²) < 4.78 is 5.42. The van der Waals surface area contributed by atoms with Gasteiger partial charge in [0.15, 0.2) is 0 Å². The van der Waals surface area contributed by atoms with Gasteiger partial charge in [-0.2, -0.15) is 0 Å². The number of ether oxygens (including phenoxy) is 1. The van der Waals surface area contributed by atoms with E-state index in [1.165, 1.54) is 0 Å². The van der Waals surface area contributed by atoms with Gasteiger partial charge in [-0.1, -0.05) is 41.9 Å². The van der Waals surface area contributed by atoms with E-state index in [2.05, 4.69) is 10.6 Å². The first-order valence-electron chi connectivity index (χ1n) is 7.76. The first-order chi connectivity index (χ1) is 11.6. The van der Waals surface area contributed by atoms with Crippen molar-refractivity contribution >= 4 is 17.6 Å². The van der Waals surface area contributed by atoms with E-state index in [4.69, 9.17) is 16.3 Å². The quantitative estimate of drug-likeness (QED) is 0.719. The summed E-state index contributed by atoms with van der Waals surface area (Å²) in [5, 5.41) is 15.9. The number of benzene rings is 2. The van der Waals surface area contributed by atoms with Crippen molar-refractivity contribution in [1.29, 1.82) is 0 Å². The van der Waals surface area contributed by atoms with E-state index in [1.807, 2.05) is 31.2 Å². The second-order valence-corrected chi connectivity index (χ2v) is 5.59. The van der Waals surface area contributed by atoms with Crippen molar-refractivity contribution in [2.45, 2.75) is 19.6 Å². The molecule has 3 N–H and O–H groups in total. The Morgan fingerprint density at radius 2 is 2.00 bits per heavy atom. The van der Waals surface area contributed by atoms with Crippen LogP contribution in [0.1, 0.15) is 24.2 Å². The van der Waals surface area contributed by atoms with Gasteiger partial charge >= 0.3 is 6.03 Å². The molecule has 0 heterocycles. The van der Waals surface area contributed by atoms with Gasteiger partial charge in [-0.25, -0.2) is 4.79 Å². The predicted octanol–water partition coefficient (Wildman–Crippen LogP) is 3.27. The van der Waals surface area contributed by atoms with Crippen molar-refractivity contribution in [2.24, 2.45) is 0 Å². The fraction of sp³-hybridized carbons (Fsp3) is 0.278. The molecule has 0 aliphatic carbocycles. The number of amides is 2. The minimum atomic E-state index is -0.856. The molecule has 0 aliphatic heterocycles. The van der Waals surface area contributed by atoms with Crippen molar-refractivity contribution in [3.63, 3.8) is 0 Å². The molecule has 2 rings (SSSR count). The Morgan fingerprint density at radius 3 is 2.75 bits per heavy atom. The first-order valence-corrected chi connectivity index (χ1v) is 8.14. The van der Waals surface area contributed by atoms with Crippen LogP contribution in [0.4, 0.5) is 4.79 Å². The Bertz CT molecular complexity index is 679. The highest BCUT2D eigenvalue weighted by Crippen LogP contribution is 2.21. The molecule has 0 radical (unpaired) electrons. The molecule has 1 unspecified atom stereocenters. The molecule has 0 saturated heterocycles. The smallest absolute Gasteiger partial charge is 0.315 e. The third-order valence-electron chi connectivity index (χ3n) is 3.38. The zero-order chi connectivity index (χ0) is 17.4. The van der Waals surface area contributed by atoms with Gasteiger partial charge < -0.3 is 20.5 Å². The van der Waals surface area contributed by atoms with Gasteiger partial charge in [-0.15, -0.1) is 0 Å². The number of hydrogen-bond donors (Lipinski definition) is 3. The van der Waals surface area contributed by atoms with E-state index in [0.29, 0.717) is 23.7 Å². The monoisotopic (exact) mass is 348 g/mol. The second-order valence-electron chi connectivity index (χ2n) is 5.18. The van der Waals surface area contributed by atoms with E-state index in [-0.39, 0.29) is 12.6 Å². The molecule has 6 heteroatoms. The van der Waals surface area contributed by atoms with Crippen LogP contribution in [0.25, 0.3) is 0 Å². The number of hydrogen-bond acceptors (Lipinski definition) is 3. The summed E-state index contributed by atoms with van der Waals surface area (Å²) in [5.41, 5.74) is 1.52. The lowest BCUT2D eigenvalue weighted by Crippen LogP contribution is -2.37. The van der Waals surface area contributed by atoms with Gasteiger partial charge in [0.1, 0.15) is 5.75 Å². The standard InChI is InChI=1S/C18H21ClN2O3/c1-2-24-14-7-5-6-13(10-14)11-20-18(23)21-12-17(22)15-8-3-4-9-16(15)19/h3-10,17,22H,2,11-12H2,1H3,(H2,20,21,23). The van der Waals surface area contributed by atoms with Gasteiger partial charge in [0.25, 0.3) is 0 Å². The normalized spacial score (nSPS) is 11.6. The third kappa shape index (κ3) is 5.44. The molecule has 0 aliphatic rings. The van der Waals surface area contributed by atoms with Crippen molar-refractivity contribution in [3.05, 3.63) is 64.7 Å². The van der Waals surface area contributed by atoms with Gasteiger partial charge in [-0.05, 0) is 30.7 Å². The molecule has 2 amide bonds. The maximum absolute atomic E-state index is 11.9. The zero-order valence-corrected chi connectivity index (χ0v) is 14.2. The van der Waals surface area contributed by atoms with Crippen LogP contribution in [0.3, 0.4) is 0 Å². The van der Waals surface area contributed by atoms with Crippen LogP contribution in [0.15, 0.2) is 48.5 Å². The highest BCUT2D eigenvalue weighted by molar-refractivity contribution is 6.31. The van der Waals surface area contributed by atoms with Crippen molar-refractivity contribution in [3.8, 4) is 5.75 Å². The van der Waals surface area contributed by atoms with Gasteiger partial charge in [-0.3, -0.25) is 0 Å². The first kappa shape index (κ1) is 18.1. The number of carbonyl (C=O) groups excluding carboxylic acids is 1. The number of aliphatic hydroxyl groups excluding tert-OH is 1. The SMILES string of the molecule is CCOc1cccc(CNC(=O)NCC(O)c2ccccc2Cl)c1. The topological polar surface area (TPSA) is 70.6 Å². The molecule has 0 saturated carbocycles. The number of nitrogens with one attached hydrogen (secondary N) is 2. The summed E-state index contributed by atoms with van der Waals surface area (Å²) in [5.74, 6) is 0.770. The van der Waals surface area contributed by atoms with Crippen LogP contribution in [0.5, 0.6) is 5.75 Å². The summed E-state index contributed by atoms with van der Waals surface area (Å²) in [6.07, 6.45) is -0.856. The van der Waals surface area contributed by atoms with Gasteiger partial charge in [0.2, 0.25) is 0 Å². The Labute approximate surface area is 146 Å². The molecule has 0 fully saturated rings. The number of carbonyl (C=O) groups is 1. The molecule has 1 atom stereocenters. The number of halogens is 1. The van der Waals surface area contributed by atoms with Gasteiger partial charge in [0.05, 0.1) is 12.7 Å². The predicted molar refractivity (Wildman–Crippen MR) is 94.3 cm³/mol. The van der Waals surface area contributed by atoms with E-state index < -0.39 is 6.10 Å². The lowest BCUT2D eigenvalue weighted by Gasteiger charge is -2.14. The largest absolute Gasteiger partial charge is 0.494 e. The fourth-order valence-electron chi connectivity index (χ4n) is 2.20. The van der Waals surface area contributed by atoms with Crippen molar-refractivity contribution in [2.75, 3.05) is 13.2 Å². The Morgan fingerprint density at radius 1 is 1.21 bits per heavy atom. The Kier molecular flexibility index (Phi) is 6.90. The van der Waals surface area contributed by atoms with Crippen molar-refractivity contribution in [1.82, 2.24) is 10.6 Å². The highest BCUT2D eigenvalue weighted by atomic mass is 35.5. The van der Waals surface area contributed by atoms with E-state index in [9.17, 15) is 9.90 Å². The van der Waals surface area contributed by atoms with Crippen LogP contribution in [0.2, 0.25) is 5.02 Å². The highest BCUT2D eigenvalue weighted by Gasteiger charge is 2.12. The summed E-state index contributed by atoms with van der Waals surface area (Å²) in [6, 6.07) is 14.2. The van der Waals surface area contributed by atoms with Crippen LogP contribution >= 0.6 is 11.6 Å². The van der Waals surface area contributed by atoms with Crippen molar-refractivity contribution < 1.29 is 14.6 Å². The average Bonchev–Trinajstić information content (AvgIpc) is 2.59. The molecule has 24 heavy (non-hydrogen) atoms. The zero-order valence-electron chi connectivity index (χ0n) is 13.5. The van der Waals surface area contributed by atoms with Crippen LogP contribution in [0, 0.1) is 0 Å². The molecular formula is C18H21ClN2O3. The molecule has 5 nitrogen and oxygen atoms in total. The van der Waals surface area contributed by atoms with E-state index in [0.717, 1.165) is 11.3 Å². The lowest BCUT2D eigenvalue weighted by molar-refractivity contribution is 0.173. The molecule has 0 spiro atoms. The molecule has 2 aromatic carbocycles. The number of aliphatic hydroxyl groups is 1. The molecule has 2 aromatic rings. The van der Waals surface area contributed by atoms with E-state index >= 15 is 0 Å². The molecule has 128 valence electrons. The maximum Gasteiger partial charge on any atom is 0.315 e. The van der Waals surface area contributed by atoms with Gasteiger partial charge in [0, 0.05) is 23.7 Å². The number of rotatable bonds is 7. The summed E-state index contributed by atoms with van der Waals surface area (Å²) in [4.78, 5) is 11.9. The van der Waals surface area contributed by atoms with E-state index in [1.54, 1.807) is 24.3 Å². The lowest BCUT2D eigenvalue weighted by atomic mass is 10.1. The fourth-order valence-corrected chi connectivity index (χ4v) is 2.46. The Hall–Kier alpha value is -2.24. The second kappa shape index (κ2) is 9.15. The minimum absolute atomic E-state index is 0.0779. The summed E-state index contributed by atoms with van der Waals surface area (Å²) >= 11 is 6.02. The average molecular weight is 349 g/mol. The summed E-state index contributed by atoms with van der Waals surface area (Å²) in [7, 11) is 0. The minimum Gasteiger partial charge on any atom is -0.494 e. The molecular weight excluding hydrogens is 328 g/mol. The van der Waals surface area contributed by atoms with Crippen LogP contribution in [-0.2, 0) is 6.54 Å². The maximum atomic E-state index is 11.9. The molecule has 0 bridgehead atoms. The van der Waals surface area contributed by atoms with Crippen LogP contribution in [-0.4, -0.2) is 24.3 Å². The number of urea groups is 1. The van der Waals surface area contributed by atoms with Crippen LogP contribution < -0.4 is 15.4 Å². The third-order valence-corrected chi connectivity index (χ3v) is 3.73. The molecule has 0 aromatic heterocycles. The summed E-state index contributed by atoms with van der Waals surface area (Å²) in [6.45, 7) is 2.96.